The number of halogens is 2. The van der Waals surface area contributed by atoms with Crippen molar-refractivity contribution in [1.82, 2.24) is 0 Å². The number of rotatable bonds is 5. The Balaban J connectivity index is 2.16. The third-order valence-electron chi connectivity index (χ3n) is 3.11. The van der Waals surface area contributed by atoms with E-state index in [1.807, 2.05) is 13.0 Å². The number of nitrogens with two attached hydrogens (primary N) is 1. The van der Waals surface area contributed by atoms with E-state index >= 15 is 0 Å². The number of methoxy groups -OCH3 is 1. The van der Waals surface area contributed by atoms with E-state index in [0.717, 1.165) is 11.6 Å². The van der Waals surface area contributed by atoms with Crippen molar-refractivity contribution in [2.75, 3.05) is 7.11 Å². The largest absolute Gasteiger partial charge is 0.493 e. The van der Waals surface area contributed by atoms with Gasteiger partial charge in [-0.25, -0.2) is 8.78 Å². The fourth-order valence-corrected chi connectivity index (χ4v) is 1.88. The summed E-state index contributed by atoms with van der Waals surface area (Å²) in [5.41, 5.74) is 6.99. The lowest BCUT2D eigenvalue weighted by Crippen LogP contribution is -2.06. The molecule has 2 N–H and O–H groups in total. The topological polar surface area (TPSA) is 44.5 Å². The molecule has 112 valence electrons. The number of hydrogen-bond donors (Lipinski definition) is 1. The van der Waals surface area contributed by atoms with E-state index in [1.165, 1.54) is 19.2 Å². The van der Waals surface area contributed by atoms with Crippen LogP contribution in [0.4, 0.5) is 8.78 Å². The Hall–Kier alpha value is -2.14. The number of benzene rings is 2. The van der Waals surface area contributed by atoms with Gasteiger partial charge < -0.3 is 15.2 Å². The average Bonchev–Trinajstić information content (AvgIpc) is 2.46. The summed E-state index contributed by atoms with van der Waals surface area (Å²) in [6, 6.07) is 8.58. The average molecular weight is 293 g/mol. The van der Waals surface area contributed by atoms with Crippen LogP contribution < -0.4 is 15.2 Å². The molecule has 0 radical (unpaired) electrons. The molecular formula is C16H17F2NO2. The van der Waals surface area contributed by atoms with E-state index in [9.17, 15) is 8.78 Å². The maximum Gasteiger partial charge on any atom is 0.161 e. The minimum atomic E-state index is -0.638. The van der Waals surface area contributed by atoms with Crippen molar-refractivity contribution < 1.29 is 18.3 Å². The first-order chi connectivity index (χ1) is 10.0. The second-order valence-electron chi connectivity index (χ2n) is 4.72. The summed E-state index contributed by atoms with van der Waals surface area (Å²) in [6.45, 7) is 1.85. The summed E-state index contributed by atoms with van der Waals surface area (Å²) in [4.78, 5) is 0. The highest BCUT2D eigenvalue weighted by Crippen LogP contribution is 2.30. The highest BCUT2D eigenvalue weighted by Gasteiger charge is 2.10. The summed E-state index contributed by atoms with van der Waals surface area (Å²) in [6.07, 6.45) is 0. The summed E-state index contributed by atoms with van der Waals surface area (Å²) in [5, 5.41) is 0. The minimum absolute atomic E-state index is 0.0139. The first-order valence-electron chi connectivity index (χ1n) is 6.51. The fraction of sp³-hybridized carbons (Fsp3) is 0.250. The highest BCUT2D eigenvalue weighted by molar-refractivity contribution is 5.43. The summed E-state index contributed by atoms with van der Waals surface area (Å²) in [5.74, 6) is -0.255. The lowest BCUT2D eigenvalue weighted by atomic mass is 10.1. The molecule has 0 amide bonds. The first kappa shape index (κ1) is 15.3. The molecule has 2 aromatic rings. The van der Waals surface area contributed by atoms with Crippen molar-refractivity contribution in [3.63, 3.8) is 0 Å². The summed E-state index contributed by atoms with van der Waals surface area (Å²) in [7, 11) is 1.52. The molecule has 0 fully saturated rings. The smallest absolute Gasteiger partial charge is 0.161 e. The van der Waals surface area contributed by atoms with Crippen LogP contribution >= 0.6 is 0 Å². The van der Waals surface area contributed by atoms with Crippen LogP contribution in [-0.2, 0) is 6.61 Å². The lowest BCUT2D eigenvalue weighted by molar-refractivity contribution is 0.279. The second kappa shape index (κ2) is 6.54. The van der Waals surface area contributed by atoms with Gasteiger partial charge >= 0.3 is 0 Å². The molecule has 3 nitrogen and oxygen atoms in total. The number of ether oxygens (including phenoxy) is 2. The van der Waals surface area contributed by atoms with Crippen LogP contribution in [0.15, 0.2) is 36.4 Å². The zero-order valence-electron chi connectivity index (χ0n) is 11.9. The zero-order chi connectivity index (χ0) is 15.4. The Morgan fingerprint density at radius 2 is 1.86 bits per heavy atom. The minimum Gasteiger partial charge on any atom is -0.493 e. The van der Waals surface area contributed by atoms with Gasteiger partial charge in [-0.05, 0) is 36.8 Å². The molecule has 0 aliphatic rings. The third kappa shape index (κ3) is 3.70. The van der Waals surface area contributed by atoms with Gasteiger partial charge in [0, 0.05) is 17.7 Å². The summed E-state index contributed by atoms with van der Waals surface area (Å²) >= 11 is 0. The van der Waals surface area contributed by atoms with Gasteiger partial charge in [-0.1, -0.05) is 6.07 Å². The van der Waals surface area contributed by atoms with Gasteiger partial charge in [0.25, 0.3) is 0 Å². The maximum absolute atomic E-state index is 13.5. The van der Waals surface area contributed by atoms with Gasteiger partial charge in [0.2, 0.25) is 0 Å². The van der Waals surface area contributed by atoms with E-state index in [2.05, 4.69) is 0 Å². The standard InChI is InChI=1S/C16H17F2NO2/c1-10(19)11-4-6-15(16(7-11)20-2)21-9-12-3-5-13(17)8-14(12)18/h3-8,10H,9,19H2,1-2H3/t10-/m1/s1. The van der Waals surface area contributed by atoms with Crippen molar-refractivity contribution in [3.05, 3.63) is 59.2 Å². The van der Waals surface area contributed by atoms with Gasteiger partial charge in [-0.3, -0.25) is 0 Å². The van der Waals surface area contributed by atoms with Crippen molar-refractivity contribution in [3.8, 4) is 11.5 Å². The number of hydrogen-bond acceptors (Lipinski definition) is 3. The molecule has 0 bridgehead atoms. The molecule has 0 spiro atoms. The van der Waals surface area contributed by atoms with Gasteiger partial charge in [0.05, 0.1) is 7.11 Å². The molecule has 0 heterocycles. The van der Waals surface area contributed by atoms with Crippen LogP contribution in [-0.4, -0.2) is 7.11 Å². The predicted octanol–water partition coefficient (Wildman–Crippen LogP) is 3.57. The molecular weight excluding hydrogens is 276 g/mol. The lowest BCUT2D eigenvalue weighted by Gasteiger charge is -2.14. The van der Waals surface area contributed by atoms with Crippen LogP contribution in [0.25, 0.3) is 0 Å². The van der Waals surface area contributed by atoms with Gasteiger partial charge in [-0.15, -0.1) is 0 Å². The fourth-order valence-electron chi connectivity index (χ4n) is 1.88. The quantitative estimate of drug-likeness (QED) is 0.916. The molecule has 0 unspecified atom stereocenters. The first-order valence-corrected chi connectivity index (χ1v) is 6.51. The van der Waals surface area contributed by atoms with Crippen LogP contribution in [0, 0.1) is 11.6 Å². The Labute approximate surface area is 122 Å². The van der Waals surface area contributed by atoms with Crippen LogP contribution in [0.3, 0.4) is 0 Å². The van der Waals surface area contributed by atoms with Crippen LogP contribution in [0.2, 0.25) is 0 Å². The zero-order valence-corrected chi connectivity index (χ0v) is 11.9. The van der Waals surface area contributed by atoms with Crippen molar-refractivity contribution in [2.24, 2.45) is 5.73 Å². The predicted molar refractivity (Wildman–Crippen MR) is 76.3 cm³/mol. The molecule has 0 saturated carbocycles. The molecule has 1 atom stereocenters. The van der Waals surface area contributed by atoms with E-state index < -0.39 is 11.6 Å². The monoisotopic (exact) mass is 293 g/mol. The second-order valence-corrected chi connectivity index (χ2v) is 4.72. The molecule has 2 rings (SSSR count). The maximum atomic E-state index is 13.5. The van der Waals surface area contributed by atoms with E-state index in [-0.39, 0.29) is 18.2 Å². The van der Waals surface area contributed by atoms with Crippen molar-refractivity contribution in [1.29, 1.82) is 0 Å². The Morgan fingerprint density at radius 1 is 1.10 bits per heavy atom. The molecule has 0 aliphatic heterocycles. The van der Waals surface area contributed by atoms with Gasteiger partial charge in [0.15, 0.2) is 11.5 Å². The Morgan fingerprint density at radius 3 is 2.48 bits per heavy atom. The third-order valence-corrected chi connectivity index (χ3v) is 3.11. The Bertz CT molecular complexity index is 630. The van der Waals surface area contributed by atoms with Crippen molar-refractivity contribution in [2.45, 2.75) is 19.6 Å². The molecule has 0 aliphatic carbocycles. The normalized spacial score (nSPS) is 12.0. The van der Waals surface area contributed by atoms with E-state index in [0.29, 0.717) is 11.5 Å². The molecule has 5 heteroatoms. The summed E-state index contributed by atoms with van der Waals surface area (Å²) < 4.78 is 37.2. The van der Waals surface area contributed by atoms with Crippen LogP contribution in [0.5, 0.6) is 11.5 Å². The van der Waals surface area contributed by atoms with E-state index in [4.69, 9.17) is 15.2 Å². The molecule has 2 aromatic carbocycles. The highest BCUT2D eigenvalue weighted by atomic mass is 19.1. The van der Waals surface area contributed by atoms with Gasteiger partial charge in [0.1, 0.15) is 18.2 Å². The van der Waals surface area contributed by atoms with Gasteiger partial charge in [-0.2, -0.15) is 0 Å². The van der Waals surface area contributed by atoms with Crippen LogP contribution in [0.1, 0.15) is 24.1 Å². The molecule has 0 aromatic heterocycles. The van der Waals surface area contributed by atoms with Crippen molar-refractivity contribution >= 4 is 0 Å². The van der Waals surface area contributed by atoms with E-state index in [1.54, 1.807) is 12.1 Å². The Kier molecular flexibility index (Phi) is 4.75. The molecule has 21 heavy (non-hydrogen) atoms. The molecule has 0 saturated heterocycles. The SMILES string of the molecule is COc1cc([C@@H](C)N)ccc1OCc1ccc(F)cc1F.